The molecule has 0 radical (unpaired) electrons. The first kappa shape index (κ1) is 20.9. The topological polar surface area (TPSA) is 83.9 Å². The number of hydrogen-bond donors (Lipinski definition) is 1. The SMILES string of the molecule is COC(=O)C1=C(C)N=C2SC=C(CC(=O)NCc3cccnc3)N2C1c1ccccc1. The van der Waals surface area contributed by atoms with Crippen LogP contribution >= 0.6 is 11.8 Å². The highest BCUT2D eigenvalue weighted by Gasteiger charge is 2.40. The number of hydrogen-bond acceptors (Lipinski definition) is 7. The van der Waals surface area contributed by atoms with Gasteiger partial charge in [-0.25, -0.2) is 9.79 Å². The van der Waals surface area contributed by atoms with Crippen LogP contribution in [0.25, 0.3) is 0 Å². The summed E-state index contributed by atoms with van der Waals surface area (Å²) < 4.78 is 5.06. The smallest absolute Gasteiger partial charge is 0.338 e. The summed E-state index contributed by atoms with van der Waals surface area (Å²) in [5.74, 6) is -0.541. The normalized spacial score (nSPS) is 17.6. The average molecular weight is 435 g/mol. The van der Waals surface area contributed by atoms with Gasteiger partial charge in [-0.05, 0) is 29.5 Å². The number of ether oxygens (including phenoxy) is 1. The van der Waals surface area contributed by atoms with Crippen molar-refractivity contribution in [3.8, 4) is 0 Å². The Labute approximate surface area is 184 Å². The molecule has 2 aliphatic rings. The molecule has 31 heavy (non-hydrogen) atoms. The maximum atomic E-state index is 12.7. The summed E-state index contributed by atoms with van der Waals surface area (Å²) in [6.45, 7) is 2.22. The molecule has 0 saturated carbocycles. The van der Waals surface area contributed by atoms with Gasteiger partial charge in [0.15, 0.2) is 5.17 Å². The van der Waals surface area contributed by atoms with Crippen molar-refractivity contribution in [1.82, 2.24) is 15.2 Å². The highest BCUT2D eigenvalue weighted by molar-refractivity contribution is 8.16. The van der Waals surface area contributed by atoms with E-state index in [0.717, 1.165) is 22.0 Å². The number of thioether (sulfide) groups is 1. The quantitative estimate of drug-likeness (QED) is 0.700. The number of nitrogens with zero attached hydrogens (tertiary/aromatic N) is 3. The molecular formula is C23H22N4O3S. The number of allylic oxidation sites excluding steroid dienone is 1. The third-order valence-corrected chi connectivity index (χ3v) is 5.96. The van der Waals surface area contributed by atoms with Crippen molar-refractivity contribution in [1.29, 1.82) is 0 Å². The van der Waals surface area contributed by atoms with E-state index < -0.39 is 12.0 Å². The number of pyridine rings is 1. The molecule has 1 atom stereocenters. The van der Waals surface area contributed by atoms with Gasteiger partial charge in [0.2, 0.25) is 5.91 Å². The largest absolute Gasteiger partial charge is 0.466 e. The molecule has 1 amide bonds. The fourth-order valence-electron chi connectivity index (χ4n) is 3.62. The minimum absolute atomic E-state index is 0.116. The van der Waals surface area contributed by atoms with Gasteiger partial charge in [-0.15, -0.1) is 0 Å². The molecule has 2 aromatic rings. The van der Waals surface area contributed by atoms with Crippen molar-refractivity contribution in [2.24, 2.45) is 4.99 Å². The highest BCUT2D eigenvalue weighted by Crippen LogP contribution is 2.44. The molecule has 0 aliphatic carbocycles. The molecule has 0 saturated heterocycles. The van der Waals surface area contributed by atoms with E-state index in [1.54, 1.807) is 12.4 Å². The first-order chi connectivity index (χ1) is 15.1. The van der Waals surface area contributed by atoms with Crippen LogP contribution in [0.1, 0.15) is 30.5 Å². The maximum Gasteiger partial charge on any atom is 0.338 e. The number of carbonyl (C=O) groups excluding carboxylic acids is 2. The van der Waals surface area contributed by atoms with Gasteiger partial charge < -0.3 is 15.0 Å². The van der Waals surface area contributed by atoms with Crippen LogP contribution in [0.2, 0.25) is 0 Å². The van der Waals surface area contributed by atoms with Gasteiger partial charge in [0, 0.05) is 24.6 Å². The predicted octanol–water partition coefficient (Wildman–Crippen LogP) is 3.54. The molecule has 1 N–H and O–H groups in total. The minimum atomic E-state index is -0.425. The van der Waals surface area contributed by atoms with Crippen LogP contribution in [-0.2, 0) is 20.9 Å². The van der Waals surface area contributed by atoms with E-state index in [-0.39, 0.29) is 12.3 Å². The van der Waals surface area contributed by atoms with Crippen molar-refractivity contribution in [2.45, 2.75) is 25.9 Å². The summed E-state index contributed by atoms with van der Waals surface area (Å²) in [5, 5.41) is 5.60. The van der Waals surface area contributed by atoms with Crippen LogP contribution in [0.15, 0.2) is 82.2 Å². The molecule has 8 heteroatoms. The Morgan fingerprint density at radius 3 is 2.71 bits per heavy atom. The Kier molecular flexibility index (Phi) is 6.18. The Morgan fingerprint density at radius 2 is 2.00 bits per heavy atom. The zero-order valence-electron chi connectivity index (χ0n) is 17.2. The first-order valence-electron chi connectivity index (χ1n) is 9.81. The number of amidine groups is 1. The Morgan fingerprint density at radius 1 is 1.19 bits per heavy atom. The fraction of sp³-hybridized carbons (Fsp3) is 0.217. The number of aromatic nitrogens is 1. The van der Waals surface area contributed by atoms with Crippen LogP contribution < -0.4 is 5.32 Å². The van der Waals surface area contributed by atoms with Crippen LogP contribution in [0.5, 0.6) is 0 Å². The molecule has 2 aliphatic heterocycles. The van der Waals surface area contributed by atoms with E-state index in [0.29, 0.717) is 17.8 Å². The maximum absolute atomic E-state index is 12.7. The van der Waals surface area contributed by atoms with Crippen molar-refractivity contribution >= 4 is 28.8 Å². The third kappa shape index (κ3) is 4.39. The molecule has 158 valence electrons. The lowest BCUT2D eigenvalue weighted by Crippen LogP contribution is -2.37. The molecule has 0 spiro atoms. The lowest BCUT2D eigenvalue weighted by Gasteiger charge is -2.36. The number of nitrogens with one attached hydrogen (secondary N) is 1. The Balaban J connectivity index is 1.58. The summed E-state index contributed by atoms with van der Waals surface area (Å²) in [6, 6.07) is 13.1. The van der Waals surface area contributed by atoms with Crippen LogP contribution in [0, 0.1) is 0 Å². The lowest BCUT2D eigenvalue weighted by molar-refractivity contribution is -0.136. The molecule has 1 aromatic heterocycles. The first-order valence-corrected chi connectivity index (χ1v) is 10.7. The average Bonchev–Trinajstić information content (AvgIpc) is 3.19. The van der Waals surface area contributed by atoms with E-state index in [1.165, 1.54) is 18.9 Å². The molecule has 3 heterocycles. The zero-order chi connectivity index (χ0) is 21.8. The minimum Gasteiger partial charge on any atom is -0.466 e. The van der Waals surface area contributed by atoms with Crippen molar-refractivity contribution in [3.05, 3.63) is 88.4 Å². The summed E-state index contributed by atoms with van der Waals surface area (Å²) in [6.07, 6.45) is 3.59. The predicted molar refractivity (Wildman–Crippen MR) is 120 cm³/mol. The van der Waals surface area contributed by atoms with Crippen LogP contribution in [0.3, 0.4) is 0 Å². The second-order valence-electron chi connectivity index (χ2n) is 7.11. The van der Waals surface area contributed by atoms with Gasteiger partial charge in [0.1, 0.15) is 0 Å². The number of aliphatic imine (C=N–C) groups is 1. The van der Waals surface area contributed by atoms with E-state index >= 15 is 0 Å². The van der Waals surface area contributed by atoms with Gasteiger partial charge in [0.25, 0.3) is 0 Å². The number of carbonyl (C=O) groups is 2. The van der Waals surface area contributed by atoms with E-state index in [4.69, 9.17) is 4.74 Å². The molecule has 0 fully saturated rings. The number of rotatable bonds is 6. The summed E-state index contributed by atoms with van der Waals surface area (Å²) in [4.78, 5) is 36.0. The number of amides is 1. The van der Waals surface area contributed by atoms with Gasteiger partial charge in [-0.1, -0.05) is 48.2 Å². The lowest BCUT2D eigenvalue weighted by atomic mass is 9.94. The third-order valence-electron chi connectivity index (χ3n) is 5.08. The number of benzene rings is 1. The molecule has 1 aromatic carbocycles. The molecular weight excluding hydrogens is 412 g/mol. The highest BCUT2D eigenvalue weighted by atomic mass is 32.2. The van der Waals surface area contributed by atoms with Crippen molar-refractivity contribution in [3.63, 3.8) is 0 Å². The zero-order valence-corrected chi connectivity index (χ0v) is 18.1. The van der Waals surface area contributed by atoms with E-state index in [1.807, 2.05) is 59.7 Å². The van der Waals surface area contributed by atoms with Gasteiger partial charge in [-0.2, -0.15) is 0 Å². The van der Waals surface area contributed by atoms with Gasteiger partial charge in [0.05, 0.1) is 30.8 Å². The summed E-state index contributed by atoms with van der Waals surface area (Å²) >= 11 is 1.45. The van der Waals surface area contributed by atoms with Crippen LogP contribution in [-0.4, -0.2) is 34.0 Å². The standard InChI is InChI=1S/C23H22N4O3S/c1-15-20(22(29)30-2)21(17-8-4-3-5-9-17)27-18(14-31-23(27)26-15)11-19(28)25-13-16-7-6-10-24-12-16/h3-10,12,14,21H,11,13H2,1-2H3,(H,25,28). The van der Waals surface area contributed by atoms with E-state index in [2.05, 4.69) is 15.3 Å². The number of fused-ring (bicyclic) bond motifs is 1. The fourth-order valence-corrected chi connectivity index (χ4v) is 4.59. The molecule has 4 rings (SSSR count). The second-order valence-corrected chi connectivity index (χ2v) is 7.95. The van der Waals surface area contributed by atoms with Crippen molar-refractivity contribution in [2.75, 3.05) is 7.11 Å². The Hall–Kier alpha value is -3.39. The summed E-state index contributed by atoms with van der Waals surface area (Å²) in [7, 11) is 1.37. The van der Waals surface area contributed by atoms with Gasteiger partial charge in [-0.3, -0.25) is 9.78 Å². The number of esters is 1. The van der Waals surface area contributed by atoms with Crippen LogP contribution in [0.4, 0.5) is 0 Å². The monoisotopic (exact) mass is 434 g/mol. The number of methoxy groups -OCH3 is 1. The van der Waals surface area contributed by atoms with Crippen molar-refractivity contribution < 1.29 is 14.3 Å². The molecule has 0 bridgehead atoms. The summed E-state index contributed by atoms with van der Waals surface area (Å²) in [5.41, 5.74) is 3.74. The Bertz CT molecular complexity index is 1080. The molecule has 1 unspecified atom stereocenters. The molecule has 7 nitrogen and oxygen atoms in total. The second kappa shape index (κ2) is 9.18. The van der Waals surface area contributed by atoms with Gasteiger partial charge >= 0.3 is 5.97 Å². The van der Waals surface area contributed by atoms with E-state index in [9.17, 15) is 9.59 Å².